The Morgan fingerprint density at radius 1 is 1.15 bits per heavy atom. The summed E-state index contributed by atoms with van der Waals surface area (Å²) in [6.45, 7) is 2.00. The number of hydrogen-bond acceptors (Lipinski definition) is 3. The predicted molar refractivity (Wildman–Crippen MR) is 81.0 cm³/mol. The number of hydrogen-bond donors (Lipinski definition) is 1. The van der Waals surface area contributed by atoms with E-state index in [0.717, 1.165) is 11.1 Å². The second-order valence-electron chi connectivity index (χ2n) is 4.49. The van der Waals surface area contributed by atoms with Gasteiger partial charge in [0, 0.05) is 0 Å². The molecule has 2 aromatic rings. The molecule has 0 aliphatic carbocycles. The van der Waals surface area contributed by atoms with Gasteiger partial charge in [0.1, 0.15) is 0 Å². The molecule has 0 radical (unpaired) electrons. The lowest BCUT2D eigenvalue weighted by Crippen LogP contribution is -2.22. The fourth-order valence-corrected chi connectivity index (χ4v) is 2.08. The lowest BCUT2D eigenvalue weighted by molar-refractivity contribution is -0.141. The first-order valence-corrected chi connectivity index (χ1v) is 6.65. The highest BCUT2D eigenvalue weighted by Gasteiger charge is 2.21. The summed E-state index contributed by atoms with van der Waals surface area (Å²) < 4.78 is 4.86. The van der Waals surface area contributed by atoms with Crippen LogP contribution in [0.5, 0.6) is 0 Å². The van der Waals surface area contributed by atoms with Crippen LogP contribution in [0.3, 0.4) is 0 Å². The molecule has 1 atom stereocenters. The molecule has 20 heavy (non-hydrogen) atoms. The second kappa shape index (κ2) is 6.44. The van der Waals surface area contributed by atoms with Crippen LogP contribution in [0.25, 0.3) is 0 Å². The molecule has 2 rings (SSSR count). The maximum atomic E-state index is 12.0. The number of methoxy groups -OCH3 is 1. The topological polar surface area (TPSA) is 38.3 Å². The largest absolute Gasteiger partial charge is 0.467 e. The van der Waals surface area contributed by atoms with Gasteiger partial charge in [-0.15, -0.1) is 0 Å². The minimum absolute atomic E-state index is 0.353. The molecular weight excluding hydrogens is 274 g/mol. The van der Waals surface area contributed by atoms with E-state index < -0.39 is 6.04 Å². The Hall–Kier alpha value is -2.00. The molecule has 0 saturated heterocycles. The van der Waals surface area contributed by atoms with Gasteiger partial charge in [0.2, 0.25) is 0 Å². The van der Waals surface area contributed by atoms with Gasteiger partial charge in [-0.1, -0.05) is 53.6 Å². The summed E-state index contributed by atoms with van der Waals surface area (Å²) in [6, 6.07) is 14.4. The molecular formula is C16H16ClNO2. The number of rotatable bonds is 4. The lowest BCUT2D eigenvalue weighted by atomic mass is 10.0. The van der Waals surface area contributed by atoms with Crippen molar-refractivity contribution in [2.24, 2.45) is 0 Å². The van der Waals surface area contributed by atoms with Crippen molar-refractivity contribution in [3.05, 3.63) is 64.7 Å². The molecule has 0 amide bonds. The van der Waals surface area contributed by atoms with Crippen LogP contribution < -0.4 is 5.32 Å². The average Bonchev–Trinajstić information content (AvgIpc) is 2.47. The van der Waals surface area contributed by atoms with Crippen molar-refractivity contribution < 1.29 is 9.53 Å². The van der Waals surface area contributed by atoms with Crippen molar-refractivity contribution in [2.75, 3.05) is 12.4 Å². The zero-order chi connectivity index (χ0) is 14.5. The van der Waals surface area contributed by atoms with Gasteiger partial charge in [0.25, 0.3) is 0 Å². The average molecular weight is 290 g/mol. The highest BCUT2D eigenvalue weighted by atomic mass is 35.5. The zero-order valence-electron chi connectivity index (χ0n) is 11.4. The van der Waals surface area contributed by atoms with Crippen LogP contribution in [0.15, 0.2) is 48.5 Å². The molecule has 0 aromatic heterocycles. The maximum absolute atomic E-state index is 12.0. The summed E-state index contributed by atoms with van der Waals surface area (Å²) in [5.41, 5.74) is 2.67. The van der Waals surface area contributed by atoms with Crippen molar-refractivity contribution in [2.45, 2.75) is 13.0 Å². The highest BCUT2D eigenvalue weighted by Crippen LogP contribution is 2.26. The van der Waals surface area contributed by atoms with E-state index in [1.165, 1.54) is 7.11 Å². The van der Waals surface area contributed by atoms with E-state index in [0.29, 0.717) is 10.7 Å². The Morgan fingerprint density at radius 3 is 2.40 bits per heavy atom. The number of ether oxygens (including phenoxy) is 1. The second-order valence-corrected chi connectivity index (χ2v) is 4.90. The van der Waals surface area contributed by atoms with Crippen LogP contribution >= 0.6 is 11.6 Å². The smallest absolute Gasteiger partial charge is 0.332 e. The monoisotopic (exact) mass is 289 g/mol. The maximum Gasteiger partial charge on any atom is 0.332 e. The molecule has 104 valence electrons. The summed E-state index contributed by atoms with van der Waals surface area (Å²) in [6.07, 6.45) is 0. The van der Waals surface area contributed by atoms with Gasteiger partial charge in [-0.25, -0.2) is 4.79 Å². The first-order chi connectivity index (χ1) is 9.61. The molecule has 2 aromatic carbocycles. The summed E-state index contributed by atoms with van der Waals surface area (Å²) in [4.78, 5) is 12.0. The molecule has 0 aliphatic heterocycles. The molecule has 0 aliphatic rings. The molecule has 0 fully saturated rings. The van der Waals surface area contributed by atoms with E-state index in [1.807, 2.05) is 49.4 Å². The number of aryl methyl sites for hydroxylation is 1. The minimum atomic E-state index is -0.583. The van der Waals surface area contributed by atoms with Crippen molar-refractivity contribution in [1.29, 1.82) is 0 Å². The summed E-state index contributed by atoms with van der Waals surface area (Å²) in [5, 5.41) is 3.69. The third-order valence-corrected chi connectivity index (χ3v) is 3.35. The fraction of sp³-hybridized carbons (Fsp3) is 0.188. The number of anilines is 1. The number of nitrogens with one attached hydrogen (secondary N) is 1. The van der Waals surface area contributed by atoms with Crippen molar-refractivity contribution in [3.8, 4) is 0 Å². The SMILES string of the molecule is COC(=O)C(Nc1ccccc1Cl)c1ccc(C)cc1. The van der Waals surface area contributed by atoms with Crippen LogP contribution in [-0.4, -0.2) is 13.1 Å². The minimum Gasteiger partial charge on any atom is -0.467 e. The fourth-order valence-electron chi connectivity index (χ4n) is 1.89. The normalized spacial score (nSPS) is 11.8. The standard InChI is InChI=1S/C16H16ClNO2/c1-11-7-9-12(10-8-11)15(16(19)20-2)18-14-6-4-3-5-13(14)17/h3-10,15,18H,1-2H3. The van der Waals surface area contributed by atoms with Gasteiger partial charge < -0.3 is 10.1 Å². The molecule has 0 saturated carbocycles. The lowest BCUT2D eigenvalue weighted by Gasteiger charge is -2.19. The zero-order valence-corrected chi connectivity index (χ0v) is 12.1. The van der Waals surface area contributed by atoms with Gasteiger partial charge in [-0.05, 0) is 24.6 Å². The van der Waals surface area contributed by atoms with E-state index in [1.54, 1.807) is 6.07 Å². The number of para-hydroxylation sites is 1. The summed E-state index contributed by atoms with van der Waals surface area (Å²) in [7, 11) is 1.37. The first-order valence-electron chi connectivity index (χ1n) is 6.27. The Bertz CT molecular complexity index is 596. The molecule has 1 N–H and O–H groups in total. The van der Waals surface area contributed by atoms with Crippen LogP contribution in [0.2, 0.25) is 5.02 Å². The van der Waals surface area contributed by atoms with Crippen LogP contribution in [-0.2, 0) is 9.53 Å². The quantitative estimate of drug-likeness (QED) is 0.866. The number of carbonyl (C=O) groups is 1. The molecule has 1 unspecified atom stereocenters. The van der Waals surface area contributed by atoms with Gasteiger partial charge >= 0.3 is 5.97 Å². The summed E-state index contributed by atoms with van der Waals surface area (Å²) >= 11 is 6.11. The van der Waals surface area contributed by atoms with E-state index in [4.69, 9.17) is 16.3 Å². The predicted octanol–water partition coefficient (Wildman–Crippen LogP) is 3.97. The Labute approximate surface area is 123 Å². The van der Waals surface area contributed by atoms with E-state index in [9.17, 15) is 4.79 Å². The van der Waals surface area contributed by atoms with Crippen LogP contribution in [0.4, 0.5) is 5.69 Å². The number of halogens is 1. The first kappa shape index (κ1) is 14.4. The Morgan fingerprint density at radius 2 is 1.80 bits per heavy atom. The van der Waals surface area contributed by atoms with Gasteiger partial charge in [-0.2, -0.15) is 0 Å². The summed E-state index contributed by atoms with van der Waals surface area (Å²) in [5.74, 6) is -0.353. The van der Waals surface area contributed by atoms with Gasteiger partial charge in [0.05, 0.1) is 17.8 Å². The Kier molecular flexibility index (Phi) is 4.64. The number of carbonyl (C=O) groups excluding carboxylic acids is 1. The third-order valence-electron chi connectivity index (χ3n) is 3.02. The molecule has 0 spiro atoms. The van der Waals surface area contributed by atoms with Crippen LogP contribution in [0.1, 0.15) is 17.2 Å². The van der Waals surface area contributed by atoms with E-state index in [2.05, 4.69) is 5.32 Å². The van der Waals surface area contributed by atoms with Crippen LogP contribution in [0, 0.1) is 6.92 Å². The van der Waals surface area contributed by atoms with Crippen molar-refractivity contribution in [1.82, 2.24) is 0 Å². The highest BCUT2D eigenvalue weighted by molar-refractivity contribution is 6.33. The molecule has 4 heteroatoms. The molecule has 0 heterocycles. The Balaban J connectivity index is 2.31. The van der Waals surface area contributed by atoms with Crippen molar-refractivity contribution >= 4 is 23.3 Å². The number of esters is 1. The van der Waals surface area contributed by atoms with E-state index >= 15 is 0 Å². The molecule has 0 bridgehead atoms. The van der Waals surface area contributed by atoms with E-state index in [-0.39, 0.29) is 5.97 Å². The van der Waals surface area contributed by atoms with Gasteiger partial charge in [0.15, 0.2) is 6.04 Å². The van der Waals surface area contributed by atoms with Crippen molar-refractivity contribution in [3.63, 3.8) is 0 Å². The third kappa shape index (κ3) is 3.31. The van der Waals surface area contributed by atoms with Gasteiger partial charge in [-0.3, -0.25) is 0 Å². The molecule has 3 nitrogen and oxygen atoms in total. The number of benzene rings is 2.